The van der Waals surface area contributed by atoms with E-state index in [1.165, 1.54) is 48.5 Å². The number of non-ortho nitro benzene ring substituents is 1. The van der Waals surface area contributed by atoms with Crippen molar-refractivity contribution in [1.82, 2.24) is 0 Å². The first-order valence-corrected chi connectivity index (χ1v) is 7.49. The molecule has 1 amide bonds. The van der Waals surface area contributed by atoms with Crippen LogP contribution in [0.25, 0.3) is 6.08 Å². The van der Waals surface area contributed by atoms with Gasteiger partial charge in [0.2, 0.25) is 0 Å². The predicted octanol–water partition coefficient (Wildman–Crippen LogP) is 2.70. The van der Waals surface area contributed by atoms with E-state index >= 15 is 0 Å². The number of para-hydroxylation sites is 2. The van der Waals surface area contributed by atoms with E-state index in [2.05, 4.69) is 5.32 Å². The van der Waals surface area contributed by atoms with Gasteiger partial charge in [-0.2, -0.15) is 0 Å². The van der Waals surface area contributed by atoms with E-state index in [1.807, 2.05) is 0 Å². The van der Waals surface area contributed by atoms with Crippen LogP contribution >= 0.6 is 0 Å². The molecule has 27 heavy (non-hydrogen) atoms. The Hall–Kier alpha value is -4.08. The molecule has 10 heteroatoms. The molecular formula is C17H13N3O7. The van der Waals surface area contributed by atoms with Gasteiger partial charge in [0.1, 0.15) is 5.69 Å². The highest BCUT2D eigenvalue weighted by Gasteiger charge is 2.15. The van der Waals surface area contributed by atoms with Gasteiger partial charge in [-0.25, -0.2) is 4.79 Å². The zero-order chi connectivity index (χ0) is 19.8. The molecule has 0 aliphatic rings. The summed E-state index contributed by atoms with van der Waals surface area (Å²) in [4.78, 5) is 43.8. The average molecular weight is 371 g/mol. The van der Waals surface area contributed by atoms with Crippen molar-refractivity contribution in [2.24, 2.45) is 0 Å². The third kappa shape index (κ3) is 5.74. The van der Waals surface area contributed by atoms with Gasteiger partial charge in [-0.3, -0.25) is 25.0 Å². The molecule has 10 nitrogen and oxygen atoms in total. The SMILES string of the molecule is O=C(COC(=O)/C=C/c1cccc([N+](=O)[O-])c1)Nc1ccccc1[N+](=O)[O-]. The molecule has 2 aromatic rings. The van der Waals surface area contributed by atoms with Crippen LogP contribution in [-0.4, -0.2) is 28.3 Å². The Labute approximate surface area is 152 Å². The molecule has 0 atom stereocenters. The molecule has 0 fully saturated rings. The third-order valence-corrected chi connectivity index (χ3v) is 3.21. The fraction of sp³-hybridized carbons (Fsp3) is 0.0588. The van der Waals surface area contributed by atoms with Crippen LogP contribution in [0.15, 0.2) is 54.6 Å². The second kappa shape index (κ2) is 8.85. The summed E-state index contributed by atoms with van der Waals surface area (Å²) >= 11 is 0. The van der Waals surface area contributed by atoms with Gasteiger partial charge < -0.3 is 10.1 Å². The lowest BCUT2D eigenvalue weighted by Crippen LogP contribution is -2.20. The van der Waals surface area contributed by atoms with Crippen LogP contribution in [0.5, 0.6) is 0 Å². The van der Waals surface area contributed by atoms with Crippen LogP contribution in [0.4, 0.5) is 17.1 Å². The molecule has 0 aliphatic heterocycles. The first kappa shape index (κ1) is 19.2. The molecule has 0 unspecified atom stereocenters. The second-order valence-corrected chi connectivity index (χ2v) is 5.12. The lowest BCUT2D eigenvalue weighted by molar-refractivity contribution is -0.384. The normalized spacial score (nSPS) is 10.4. The first-order valence-electron chi connectivity index (χ1n) is 7.49. The summed E-state index contributed by atoms with van der Waals surface area (Å²) in [6, 6.07) is 11.1. The van der Waals surface area contributed by atoms with E-state index in [-0.39, 0.29) is 17.1 Å². The highest BCUT2D eigenvalue weighted by molar-refractivity contribution is 5.96. The number of hydrogen-bond donors (Lipinski definition) is 1. The quantitative estimate of drug-likeness (QED) is 0.341. The predicted molar refractivity (Wildman–Crippen MR) is 94.8 cm³/mol. The Balaban J connectivity index is 1.90. The Morgan fingerprint density at radius 2 is 1.78 bits per heavy atom. The lowest BCUT2D eigenvalue weighted by Gasteiger charge is -2.05. The molecule has 0 spiro atoms. The van der Waals surface area contributed by atoms with Crippen LogP contribution < -0.4 is 5.32 Å². The summed E-state index contributed by atoms with van der Waals surface area (Å²) in [5.41, 5.74) is -0.0294. The molecule has 0 saturated carbocycles. The number of amides is 1. The number of rotatable bonds is 7. The molecule has 0 aromatic heterocycles. The van der Waals surface area contributed by atoms with Gasteiger partial charge in [-0.1, -0.05) is 24.3 Å². The zero-order valence-corrected chi connectivity index (χ0v) is 13.7. The van der Waals surface area contributed by atoms with E-state index in [0.29, 0.717) is 5.56 Å². The second-order valence-electron chi connectivity index (χ2n) is 5.12. The molecule has 1 N–H and O–H groups in total. The Morgan fingerprint density at radius 1 is 1.04 bits per heavy atom. The van der Waals surface area contributed by atoms with Gasteiger partial charge in [0.15, 0.2) is 6.61 Å². The van der Waals surface area contributed by atoms with Crippen LogP contribution in [0.2, 0.25) is 0 Å². The largest absolute Gasteiger partial charge is 0.452 e. The summed E-state index contributed by atoms with van der Waals surface area (Å²) in [7, 11) is 0. The lowest BCUT2D eigenvalue weighted by atomic mass is 10.2. The minimum Gasteiger partial charge on any atom is -0.452 e. The topological polar surface area (TPSA) is 142 Å². The highest BCUT2D eigenvalue weighted by atomic mass is 16.6. The molecule has 0 bridgehead atoms. The van der Waals surface area contributed by atoms with Gasteiger partial charge in [0, 0.05) is 24.3 Å². The molecular weight excluding hydrogens is 358 g/mol. The van der Waals surface area contributed by atoms with E-state index in [1.54, 1.807) is 6.07 Å². The van der Waals surface area contributed by atoms with Crippen LogP contribution in [0, 0.1) is 20.2 Å². The van der Waals surface area contributed by atoms with Gasteiger partial charge in [0.25, 0.3) is 17.3 Å². The van der Waals surface area contributed by atoms with Crippen LogP contribution in [-0.2, 0) is 14.3 Å². The standard InChI is InChI=1S/C17H13N3O7/c21-16(18-14-6-1-2-7-15(14)20(25)26)11-27-17(22)9-8-12-4-3-5-13(10-12)19(23)24/h1-10H,11H2,(H,18,21)/b9-8+. The van der Waals surface area contributed by atoms with E-state index in [4.69, 9.17) is 4.74 Å². The Bertz CT molecular complexity index is 924. The number of carbonyl (C=O) groups excluding carboxylic acids is 2. The smallest absolute Gasteiger partial charge is 0.331 e. The fourth-order valence-electron chi connectivity index (χ4n) is 2.02. The summed E-state index contributed by atoms with van der Waals surface area (Å²) in [5, 5.41) is 23.8. The fourth-order valence-corrected chi connectivity index (χ4v) is 2.02. The van der Waals surface area contributed by atoms with Crippen LogP contribution in [0.3, 0.4) is 0 Å². The molecule has 0 heterocycles. The van der Waals surface area contributed by atoms with Crippen molar-refractivity contribution in [3.8, 4) is 0 Å². The molecule has 2 aromatic carbocycles. The average Bonchev–Trinajstić information content (AvgIpc) is 2.65. The van der Waals surface area contributed by atoms with Crippen molar-refractivity contribution >= 4 is 35.0 Å². The Kier molecular flexibility index (Phi) is 6.31. The minimum atomic E-state index is -0.848. The van der Waals surface area contributed by atoms with Gasteiger partial charge in [0.05, 0.1) is 9.85 Å². The van der Waals surface area contributed by atoms with Gasteiger partial charge in [-0.05, 0) is 17.7 Å². The maximum absolute atomic E-state index is 11.8. The first-order chi connectivity index (χ1) is 12.9. The summed E-state index contributed by atoms with van der Waals surface area (Å²) in [5.74, 6) is -1.60. The van der Waals surface area contributed by atoms with Gasteiger partial charge >= 0.3 is 5.97 Å². The third-order valence-electron chi connectivity index (χ3n) is 3.21. The molecule has 0 aliphatic carbocycles. The number of nitro groups is 2. The van der Waals surface area contributed by atoms with E-state index < -0.39 is 28.3 Å². The number of hydrogen-bond acceptors (Lipinski definition) is 7. The Morgan fingerprint density at radius 3 is 2.48 bits per heavy atom. The van der Waals surface area contributed by atoms with Crippen molar-refractivity contribution in [1.29, 1.82) is 0 Å². The van der Waals surface area contributed by atoms with Crippen LogP contribution in [0.1, 0.15) is 5.56 Å². The number of nitrogens with one attached hydrogen (secondary N) is 1. The van der Waals surface area contributed by atoms with E-state index in [0.717, 1.165) is 6.08 Å². The van der Waals surface area contributed by atoms with Crippen molar-refractivity contribution in [3.05, 3.63) is 80.4 Å². The zero-order valence-electron chi connectivity index (χ0n) is 13.7. The maximum atomic E-state index is 11.8. The van der Waals surface area contributed by atoms with Crippen molar-refractivity contribution in [3.63, 3.8) is 0 Å². The van der Waals surface area contributed by atoms with Crippen molar-refractivity contribution in [2.75, 3.05) is 11.9 Å². The monoisotopic (exact) mass is 371 g/mol. The van der Waals surface area contributed by atoms with Crippen molar-refractivity contribution in [2.45, 2.75) is 0 Å². The summed E-state index contributed by atoms with van der Waals surface area (Å²) in [6.07, 6.45) is 2.31. The van der Waals surface area contributed by atoms with Gasteiger partial charge in [-0.15, -0.1) is 0 Å². The number of ether oxygens (including phenoxy) is 1. The molecule has 0 saturated heterocycles. The minimum absolute atomic E-state index is 0.0179. The summed E-state index contributed by atoms with van der Waals surface area (Å²) < 4.78 is 4.73. The molecule has 2 rings (SSSR count). The highest BCUT2D eigenvalue weighted by Crippen LogP contribution is 2.22. The number of esters is 1. The number of nitro benzene ring substituents is 2. The maximum Gasteiger partial charge on any atom is 0.331 e. The number of benzene rings is 2. The number of anilines is 1. The molecule has 138 valence electrons. The summed E-state index contributed by atoms with van der Waals surface area (Å²) in [6.45, 7) is -0.649. The van der Waals surface area contributed by atoms with E-state index in [9.17, 15) is 29.8 Å². The molecule has 0 radical (unpaired) electrons. The number of nitrogens with zero attached hydrogens (tertiary/aromatic N) is 2. The number of carbonyl (C=O) groups is 2. The van der Waals surface area contributed by atoms with Crippen molar-refractivity contribution < 1.29 is 24.2 Å².